The molecule has 4 nitrogen and oxygen atoms in total. The summed E-state index contributed by atoms with van der Waals surface area (Å²) in [6.45, 7) is -2.45. The van der Waals surface area contributed by atoms with E-state index >= 15 is 0 Å². The predicted molar refractivity (Wildman–Crippen MR) is 68.8 cm³/mol. The number of halogens is 2. The Morgan fingerprint density at radius 2 is 2.05 bits per heavy atom. The third-order valence-electron chi connectivity index (χ3n) is 3.49. The number of hydrogen-bond acceptors (Lipinski definition) is 3. The molecule has 0 spiro atoms. The van der Waals surface area contributed by atoms with Crippen molar-refractivity contribution in [2.75, 3.05) is 6.54 Å². The van der Waals surface area contributed by atoms with Gasteiger partial charge in [-0.05, 0) is 37.1 Å². The minimum atomic E-state index is -2.88. The second-order valence-corrected chi connectivity index (χ2v) is 4.87. The number of amides is 1. The topological polar surface area (TPSA) is 58.6 Å². The zero-order valence-corrected chi connectivity index (χ0v) is 10.9. The third kappa shape index (κ3) is 3.90. The number of aliphatic hydroxyl groups excluding tert-OH is 1. The smallest absolute Gasteiger partial charge is 0.387 e. The molecule has 1 aromatic rings. The van der Waals surface area contributed by atoms with E-state index in [1.807, 2.05) is 0 Å². The minimum Gasteiger partial charge on any atom is -0.435 e. The summed E-state index contributed by atoms with van der Waals surface area (Å²) in [5.74, 6) is -0.171. The van der Waals surface area contributed by atoms with Crippen molar-refractivity contribution in [3.8, 4) is 5.75 Å². The molecule has 2 rings (SSSR count). The highest BCUT2D eigenvalue weighted by Crippen LogP contribution is 2.24. The van der Waals surface area contributed by atoms with Crippen LogP contribution in [0, 0.1) is 5.92 Å². The Balaban J connectivity index is 1.85. The number of ether oxygens (including phenoxy) is 1. The van der Waals surface area contributed by atoms with Gasteiger partial charge in [0.2, 0.25) is 0 Å². The first-order chi connectivity index (χ1) is 9.56. The fourth-order valence-electron chi connectivity index (χ4n) is 2.37. The van der Waals surface area contributed by atoms with Crippen LogP contribution in [0.1, 0.15) is 29.6 Å². The fraction of sp³-hybridized carbons (Fsp3) is 0.500. The van der Waals surface area contributed by atoms with Crippen LogP contribution in [0.4, 0.5) is 8.78 Å². The van der Waals surface area contributed by atoms with E-state index in [1.54, 1.807) is 0 Å². The van der Waals surface area contributed by atoms with Gasteiger partial charge in [-0.2, -0.15) is 8.78 Å². The highest BCUT2D eigenvalue weighted by atomic mass is 19.3. The summed E-state index contributed by atoms with van der Waals surface area (Å²) in [4.78, 5) is 11.9. The van der Waals surface area contributed by atoms with Crippen LogP contribution in [0.3, 0.4) is 0 Å². The number of carbonyl (C=O) groups is 1. The molecule has 0 aliphatic heterocycles. The van der Waals surface area contributed by atoms with Gasteiger partial charge in [-0.3, -0.25) is 4.79 Å². The molecule has 20 heavy (non-hydrogen) atoms. The normalized spacial score (nSPS) is 22.0. The van der Waals surface area contributed by atoms with Crippen LogP contribution in [0.5, 0.6) is 5.75 Å². The molecule has 0 saturated heterocycles. The van der Waals surface area contributed by atoms with E-state index in [2.05, 4.69) is 10.1 Å². The second-order valence-electron chi connectivity index (χ2n) is 4.87. The maximum absolute atomic E-state index is 12.0. The lowest BCUT2D eigenvalue weighted by Crippen LogP contribution is -2.32. The van der Waals surface area contributed by atoms with Crippen molar-refractivity contribution in [1.82, 2.24) is 5.32 Å². The number of aliphatic hydroxyl groups is 1. The molecule has 2 unspecified atom stereocenters. The molecule has 0 heterocycles. The Kier molecular flexibility index (Phi) is 4.89. The summed E-state index contributed by atoms with van der Waals surface area (Å²) in [5, 5.41) is 12.4. The van der Waals surface area contributed by atoms with E-state index in [9.17, 15) is 18.7 Å². The number of nitrogens with one attached hydrogen (secondary N) is 1. The number of rotatable bonds is 5. The predicted octanol–water partition coefficient (Wildman–Crippen LogP) is 2.18. The molecule has 1 aliphatic carbocycles. The van der Waals surface area contributed by atoms with Crippen LogP contribution in [0.15, 0.2) is 24.3 Å². The van der Waals surface area contributed by atoms with Gasteiger partial charge in [-0.1, -0.05) is 6.42 Å². The summed E-state index contributed by atoms with van der Waals surface area (Å²) in [6, 6.07) is 5.51. The Labute approximate surface area is 115 Å². The van der Waals surface area contributed by atoms with Gasteiger partial charge in [-0.15, -0.1) is 0 Å². The molecule has 2 N–H and O–H groups in total. The van der Waals surface area contributed by atoms with Crippen LogP contribution in [-0.4, -0.2) is 30.3 Å². The Morgan fingerprint density at radius 1 is 1.35 bits per heavy atom. The molecule has 0 aromatic heterocycles. The van der Waals surface area contributed by atoms with Gasteiger partial charge in [0.05, 0.1) is 6.10 Å². The third-order valence-corrected chi connectivity index (χ3v) is 3.49. The monoisotopic (exact) mass is 285 g/mol. The Hall–Kier alpha value is -1.69. The van der Waals surface area contributed by atoms with Crippen LogP contribution in [0.25, 0.3) is 0 Å². The van der Waals surface area contributed by atoms with Crippen LogP contribution >= 0.6 is 0 Å². The van der Waals surface area contributed by atoms with Crippen LogP contribution in [0.2, 0.25) is 0 Å². The zero-order valence-electron chi connectivity index (χ0n) is 10.9. The van der Waals surface area contributed by atoms with Crippen LogP contribution < -0.4 is 10.1 Å². The zero-order chi connectivity index (χ0) is 14.5. The van der Waals surface area contributed by atoms with Gasteiger partial charge in [-0.25, -0.2) is 0 Å². The summed E-state index contributed by atoms with van der Waals surface area (Å²) in [5.41, 5.74) is 0.374. The lowest BCUT2D eigenvalue weighted by Gasteiger charge is -2.15. The number of carbonyl (C=O) groups excluding carboxylic acids is 1. The summed E-state index contributed by atoms with van der Waals surface area (Å²) in [7, 11) is 0. The van der Waals surface area contributed by atoms with Gasteiger partial charge in [0, 0.05) is 18.0 Å². The molecule has 1 aliphatic rings. The molecular formula is C14H17F2NO3. The Bertz CT molecular complexity index is 450. The van der Waals surface area contributed by atoms with E-state index in [1.165, 1.54) is 24.3 Å². The lowest BCUT2D eigenvalue weighted by molar-refractivity contribution is -0.0498. The first-order valence-corrected chi connectivity index (χ1v) is 6.57. The molecule has 110 valence electrons. The molecule has 1 fully saturated rings. The van der Waals surface area contributed by atoms with Gasteiger partial charge < -0.3 is 15.2 Å². The first-order valence-electron chi connectivity index (χ1n) is 6.57. The number of benzene rings is 1. The summed E-state index contributed by atoms with van der Waals surface area (Å²) >= 11 is 0. The van der Waals surface area contributed by atoms with Gasteiger partial charge in [0.15, 0.2) is 0 Å². The summed E-state index contributed by atoms with van der Waals surface area (Å²) in [6.07, 6.45) is 2.31. The van der Waals surface area contributed by atoms with Crippen molar-refractivity contribution in [3.05, 3.63) is 29.8 Å². The van der Waals surface area contributed by atoms with Gasteiger partial charge >= 0.3 is 6.61 Å². The van der Waals surface area contributed by atoms with E-state index in [0.29, 0.717) is 12.1 Å². The standard InChI is InChI=1S/C14H17F2NO3/c15-14(16)20-11-6-4-9(5-7-11)13(19)17-8-10-2-1-3-12(10)18/h4-7,10,12,14,18H,1-3,8H2,(H,17,19). The maximum atomic E-state index is 12.0. The lowest BCUT2D eigenvalue weighted by atomic mass is 10.1. The van der Waals surface area contributed by atoms with E-state index in [-0.39, 0.29) is 23.7 Å². The van der Waals surface area contributed by atoms with Gasteiger partial charge in [0.1, 0.15) is 5.75 Å². The molecule has 0 radical (unpaired) electrons. The first kappa shape index (κ1) is 14.7. The van der Waals surface area contributed by atoms with Crippen molar-refractivity contribution >= 4 is 5.91 Å². The van der Waals surface area contributed by atoms with Crippen molar-refractivity contribution in [2.24, 2.45) is 5.92 Å². The highest BCUT2D eigenvalue weighted by Gasteiger charge is 2.25. The molecule has 6 heteroatoms. The van der Waals surface area contributed by atoms with Crippen LogP contribution in [-0.2, 0) is 0 Å². The fourth-order valence-corrected chi connectivity index (χ4v) is 2.37. The van der Waals surface area contributed by atoms with E-state index < -0.39 is 6.61 Å². The molecule has 0 bridgehead atoms. The molecule has 2 atom stereocenters. The molecule has 1 aromatic carbocycles. The van der Waals surface area contributed by atoms with Crippen molar-refractivity contribution in [3.63, 3.8) is 0 Å². The molecular weight excluding hydrogens is 268 g/mol. The van der Waals surface area contributed by atoms with Crippen molar-refractivity contribution in [1.29, 1.82) is 0 Å². The molecule has 1 saturated carbocycles. The highest BCUT2D eigenvalue weighted by molar-refractivity contribution is 5.94. The molecule has 1 amide bonds. The van der Waals surface area contributed by atoms with E-state index in [0.717, 1.165) is 19.3 Å². The van der Waals surface area contributed by atoms with Crippen molar-refractivity contribution < 1.29 is 23.4 Å². The average Bonchev–Trinajstić information content (AvgIpc) is 2.82. The second kappa shape index (κ2) is 6.65. The Morgan fingerprint density at radius 3 is 2.60 bits per heavy atom. The largest absolute Gasteiger partial charge is 0.435 e. The number of alkyl halides is 2. The number of hydrogen-bond donors (Lipinski definition) is 2. The van der Waals surface area contributed by atoms with E-state index in [4.69, 9.17) is 0 Å². The SMILES string of the molecule is O=C(NCC1CCCC1O)c1ccc(OC(F)F)cc1. The van der Waals surface area contributed by atoms with Crippen molar-refractivity contribution in [2.45, 2.75) is 32.0 Å². The minimum absolute atomic E-state index is 0.0164. The van der Waals surface area contributed by atoms with Gasteiger partial charge in [0.25, 0.3) is 5.91 Å². The summed E-state index contributed by atoms with van der Waals surface area (Å²) < 4.78 is 28.2. The average molecular weight is 285 g/mol. The quantitative estimate of drug-likeness (QED) is 0.871. The maximum Gasteiger partial charge on any atom is 0.387 e.